The summed E-state index contributed by atoms with van der Waals surface area (Å²) in [7, 11) is 0. The average molecular weight is 347 g/mol. The van der Waals surface area contributed by atoms with Crippen molar-refractivity contribution in [3.05, 3.63) is 63.1 Å². The molecule has 0 bridgehead atoms. The van der Waals surface area contributed by atoms with Gasteiger partial charge in [-0.25, -0.2) is 5.43 Å². The Morgan fingerprint density at radius 3 is 2.71 bits per heavy atom. The van der Waals surface area contributed by atoms with E-state index in [0.29, 0.717) is 11.1 Å². The van der Waals surface area contributed by atoms with Gasteiger partial charge in [0.05, 0.1) is 6.21 Å². The summed E-state index contributed by atoms with van der Waals surface area (Å²) in [4.78, 5) is 12.0. The minimum Gasteiger partial charge on any atom is -0.507 e. The third-order valence-corrected chi connectivity index (χ3v) is 3.48. The Kier molecular flexibility index (Phi) is 4.75. The van der Waals surface area contributed by atoms with Gasteiger partial charge >= 0.3 is 0 Å². The van der Waals surface area contributed by atoms with E-state index in [-0.39, 0.29) is 11.7 Å². The summed E-state index contributed by atoms with van der Waals surface area (Å²) in [6.45, 7) is 3.86. The van der Waals surface area contributed by atoms with Crippen molar-refractivity contribution in [2.75, 3.05) is 0 Å². The van der Waals surface area contributed by atoms with Crippen molar-refractivity contribution in [2.24, 2.45) is 5.10 Å². The zero-order valence-corrected chi connectivity index (χ0v) is 13.3. The van der Waals surface area contributed by atoms with Crippen molar-refractivity contribution >= 4 is 28.1 Å². The van der Waals surface area contributed by atoms with Crippen molar-refractivity contribution in [3.63, 3.8) is 0 Å². The number of hydrazone groups is 1. The molecule has 108 valence electrons. The van der Waals surface area contributed by atoms with Gasteiger partial charge in [-0.3, -0.25) is 4.79 Å². The number of aryl methyl sites for hydroxylation is 2. The molecule has 2 aromatic carbocycles. The summed E-state index contributed by atoms with van der Waals surface area (Å²) in [6.07, 6.45) is 1.40. The second-order valence-corrected chi connectivity index (χ2v) is 5.64. The van der Waals surface area contributed by atoms with E-state index < -0.39 is 0 Å². The van der Waals surface area contributed by atoms with Gasteiger partial charge < -0.3 is 5.11 Å². The largest absolute Gasteiger partial charge is 0.507 e. The van der Waals surface area contributed by atoms with Crippen molar-refractivity contribution in [2.45, 2.75) is 13.8 Å². The molecular formula is C16H15BrN2O2. The zero-order chi connectivity index (χ0) is 15.4. The van der Waals surface area contributed by atoms with Crippen LogP contribution >= 0.6 is 15.9 Å². The van der Waals surface area contributed by atoms with Crippen LogP contribution in [0.1, 0.15) is 27.0 Å². The number of halogens is 1. The van der Waals surface area contributed by atoms with E-state index in [2.05, 4.69) is 26.5 Å². The maximum atomic E-state index is 12.0. The summed E-state index contributed by atoms with van der Waals surface area (Å²) >= 11 is 3.31. The molecule has 0 heterocycles. The third-order valence-electron chi connectivity index (χ3n) is 2.99. The van der Waals surface area contributed by atoms with E-state index in [4.69, 9.17) is 0 Å². The number of phenols is 1. The molecule has 0 aliphatic carbocycles. The molecule has 0 unspecified atom stereocenters. The summed E-state index contributed by atoms with van der Waals surface area (Å²) < 4.78 is 0.822. The number of nitrogens with one attached hydrogen (secondary N) is 1. The maximum Gasteiger partial charge on any atom is 0.271 e. The third kappa shape index (κ3) is 3.92. The lowest BCUT2D eigenvalue weighted by Crippen LogP contribution is -2.18. The van der Waals surface area contributed by atoms with Gasteiger partial charge in [-0.15, -0.1) is 0 Å². The highest BCUT2D eigenvalue weighted by atomic mass is 79.9. The van der Waals surface area contributed by atoms with Gasteiger partial charge in [-0.1, -0.05) is 33.6 Å². The Morgan fingerprint density at radius 2 is 2.00 bits per heavy atom. The van der Waals surface area contributed by atoms with Crippen LogP contribution in [0.4, 0.5) is 0 Å². The van der Waals surface area contributed by atoms with Crippen LogP contribution in [0.15, 0.2) is 46.0 Å². The van der Waals surface area contributed by atoms with Crippen molar-refractivity contribution in [1.29, 1.82) is 0 Å². The predicted molar refractivity (Wildman–Crippen MR) is 86.8 cm³/mol. The predicted octanol–water partition coefficient (Wildman–Crippen LogP) is 3.54. The Morgan fingerprint density at radius 1 is 1.24 bits per heavy atom. The second kappa shape index (κ2) is 6.54. The molecule has 0 aliphatic rings. The van der Waals surface area contributed by atoms with Crippen LogP contribution in [0.5, 0.6) is 5.75 Å². The number of hydrogen-bond acceptors (Lipinski definition) is 3. The first-order valence-electron chi connectivity index (χ1n) is 6.36. The highest BCUT2D eigenvalue weighted by molar-refractivity contribution is 9.10. The minimum absolute atomic E-state index is 0.0997. The maximum absolute atomic E-state index is 12.0. The van der Waals surface area contributed by atoms with Crippen LogP contribution < -0.4 is 5.43 Å². The summed E-state index contributed by atoms with van der Waals surface area (Å²) in [5.74, 6) is -0.180. The number of aromatic hydroxyl groups is 1. The normalized spacial score (nSPS) is 10.8. The summed E-state index contributed by atoms with van der Waals surface area (Å²) in [6, 6.07) is 10.6. The molecule has 4 nitrogen and oxygen atoms in total. The lowest BCUT2D eigenvalue weighted by molar-refractivity contribution is 0.0954. The number of rotatable bonds is 3. The summed E-state index contributed by atoms with van der Waals surface area (Å²) in [5, 5.41) is 13.5. The standard InChI is InChI=1S/C16H15BrN2O2/c1-10-3-5-14(11(2)7-10)16(21)19-18-9-12-8-13(17)4-6-15(12)20/h3-9,20H,1-2H3,(H,19,21). The molecule has 0 saturated heterocycles. The lowest BCUT2D eigenvalue weighted by Gasteiger charge is -2.05. The number of carbonyl (C=O) groups excluding carboxylic acids is 1. The van der Waals surface area contributed by atoms with Gasteiger partial charge in [0.2, 0.25) is 0 Å². The van der Waals surface area contributed by atoms with E-state index in [9.17, 15) is 9.90 Å². The molecule has 0 spiro atoms. The number of benzene rings is 2. The highest BCUT2D eigenvalue weighted by Crippen LogP contribution is 2.20. The monoisotopic (exact) mass is 346 g/mol. The van der Waals surface area contributed by atoms with Gasteiger partial charge in [0.15, 0.2) is 0 Å². The quantitative estimate of drug-likeness (QED) is 0.659. The Labute approximate surface area is 131 Å². The lowest BCUT2D eigenvalue weighted by atomic mass is 10.1. The van der Waals surface area contributed by atoms with Crippen LogP contribution in [0.3, 0.4) is 0 Å². The van der Waals surface area contributed by atoms with Crippen LogP contribution in [-0.4, -0.2) is 17.2 Å². The van der Waals surface area contributed by atoms with E-state index >= 15 is 0 Å². The van der Waals surface area contributed by atoms with Crippen molar-refractivity contribution < 1.29 is 9.90 Å². The van der Waals surface area contributed by atoms with Crippen molar-refractivity contribution in [1.82, 2.24) is 5.43 Å². The molecule has 2 N–H and O–H groups in total. The zero-order valence-electron chi connectivity index (χ0n) is 11.7. The smallest absolute Gasteiger partial charge is 0.271 e. The molecule has 0 fully saturated rings. The second-order valence-electron chi connectivity index (χ2n) is 4.72. The fourth-order valence-corrected chi connectivity index (χ4v) is 2.30. The fourth-order valence-electron chi connectivity index (χ4n) is 1.92. The number of hydrogen-bond donors (Lipinski definition) is 2. The van der Waals surface area contributed by atoms with Crippen molar-refractivity contribution in [3.8, 4) is 5.75 Å². The molecule has 0 radical (unpaired) electrons. The number of phenolic OH excluding ortho intramolecular Hbond substituents is 1. The first kappa shape index (κ1) is 15.3. The molecule has 0 aromatic heterocycles. The Hall–Kier alpha value is -2.14. The average Bonchev–Trinajstić information content (AvgIpc) is 2.42. The van der Waals surface area contributed by atoms with E-state index in [1.54, 1.807) is 24.3 Å². The number of carbonyl (C=O) groups is 1. The molecule has 5 heteroatoms. The number of nitrogens with zero attached hydrogens (tertiary/aromatic N) is 1. The number of amides is 1. The van der Waals surface area contributed by atoms with Gasteiger partial charge in [-0.2, -0.15) is 5.10 Å². The summed E-state index contributed by atoms with van der Waals surface area (Å²) in [5.41, 5.74) is 5.56. The van der Waals surface area contributed by atoms with Gasteiger partial charge in [-0.05, 0) is 43.7 Å². The molecule has 2 aromatic rings. The molecule has 0 aliphatic heterocycles. The Balaban J connectivity index is 2.10. The molecule has 0 saturated carbocycles. The molecule has 2 rings (SSSR count). The Bertz CT molecular complexity index is 711. The van der Waals surface area contributed by atoms with Crippen LogP contribution in [0.25, 0.3) is 0 Å². The highest BCUT2D eigenvalue weighted by Gasteiger charge is 2.07. The first-order chi connectivity index (χ1) is 9.97. The SMILES string of the molecule is Cc1ccc(C(=O)NN=Cc2cc(Br)ccc2O)c(C)c1. The molecule has 21 heavy (non-hydrogen) atoms. The van der Waals surface area contributed by atoms with Crippen LogP contribution in [0, 0.1) is 13.8 Å². The van der Waals surface area contributed by atoms with Gasteiger partial charge in [0.25, 0.3) is 5.91 Å². The minimum atomic E-state index is -0.279. The van der Waals surface area contributed by atoms with Gasteiger partial charge in [0, 0.05) is 15.6 Å². The van der Waals surface area contributed by atoms with Crippen LogP contribution in [-0.2, 0) is 0 Å². The molecule has 1 amide bonds. The fraction of sp³-hybridized carbons (Fsp3) is 0.125. The van der Waals surface area contributed by atoms with E-state index in [0.717, 1.165) is 15.6 Å². The molecule has 0 atom stereocenters. The van der Waals surface area contributed by atoms with Crippen LogP contribution in [0.2, 0.25) is 0 Å². The topological polar surface area (TPSA) is 61.7 Å². The van der Waals surface area contributed by atoms with E-state index in [1.807, 2.05) is 26.0 Å². The molecular weight excluding hydrogens is 332 g/mol. The van der Waals surface area contributed by atoms with E-state index in [1.165, 1.54) is 6.21 Å². The first-order valence-corrected chi connectivity index (χ1v) is 7.16. The van der Waals surface area contributed by atoms with Gasteiger partial charge in [0.1, 0.15) is 5.75 Å².